The van der Waals surface area contributed by atoms with Crippen LogP contribution in [0.4, 0.5) is 11.4 Å². The van der Waals surface area contributed by atoms with Gasteiger partial charge in [0.25, 0.3) is 0 Å². The van der Waals surface area contributed by atoms with E-state index in [2.05, 4.69) is 13.0 Å². The zero-order chi connectivity index (χ0) is 17.6. The van der Waals surface area contributed by atoms with Gasteiger partial charge in [-0.3, -0.25) is 9.59 Å². The molecule has 25 heavy (non-hydrogen) atoms. The van der Waals surface area contributed by atoms with E-state index >= 15 is 0 Å². The number of carbonyl (C=O) groups is 2. The van der Waals surface area contributed by atoms with Gasteiger partial charge in [0.05, 0.1) is 5.92 Å². The molecule has 4 nitrogen and oxygen atoms in total. The first-order valence-corrected chi connectivity index (χ1v) is 8.83. The lowest BCUT2D eigenvalue weighted by atomic mass is 10.1. The molecular formula is C21H22N2O2. The highest BCUT2D eigenvalue weighted by Gasteiger charge is 2.41. The van der Waals surface area contributed by atoms with Crippen LogP contribution in [0, 0.1) is 12.8 Å². The van der Waals surface area contributed by atoms with Crippen molar-refractivity contribution < 1.29 is 9.59 Å². The molecule has 2 aromatic rings. The van der Waals surface area contributed by atoms with Gasteiger partial charge in [-0.15, -0.1) is 0 Å². The number of anilines is 2. The third kappa shape index (κ3) is 2.62. The van der Waals surface area contributed by atoms with E-state index in [0.717, 1.165) is 23.4 Å². The Hall–Kier alpha value is -2.62. The third-order valence-corrected chi connectivity index (χ3v) is 5.33. The molecule has 0 aromatic heterocycles. The van der Waals surface area contributed by atoms with Gasteiger partial charge in [0.2, 0.25) is 11.8 Å². The second-order valence-corrected chi connectivity index (χ2v) is 7.08. The number of benzene rings is 2. The van der Waals surface area contributed by atoms with E-state index < -0.39 is 0 Å². The van der Waals surface area contributed by atoms with Crippen LogP contribution < -0.4 is 9.80 Å². The Morgan fingerprint density at radius 2 is 1.68 bits per heavy atom. The number of aryl methyl sites for hydroxylation is 1. The molecule has 0 bridgehead atoms. The largest absolute Gasteiger partial charge is 0.311 e. The third-order valence-electron chi connectivity index (χ3n) is 5.33. The van der Waals surface area contributed by atoms with Crippen molar-refractivity contribution in [2.24, 2.45) is 5.92 Å². The number of hydrogen-bond donors (Lipinski definition) is 0. The standard InChI is InChI=1S/C21H22N2O2/c1-14-7-3-5-9-18(14)22-13-17(12-20(22)24)21(25)23-15(2)11-16-8-4-6-10-19(16)23/h3-10,15,17H,11-13H2,1-2H3. The zero-order valence-electron chi connectivity index (χ0n) is 14.6. The Morgan fingerprint density at radius 3 is 2.44 bits per heavy atom. The van der Waals surface area contributed by atoms with Crippen LogP contribution in [0.5, 0.6) is 0 Å². The van der Waals surface area contributed by atoms with E-state index in [1.54, 1.807) is 4.90 Å². The van der Waals surface area contributed by atoms with E-state index in [4.69, 9.17) is 0 Å². The van der Waals surface area contributed by atoms with Crippen molar-refractivity contribution in [3.05, 3.63) is 59.7 Å². The van der Waals surface area contributed by atoms with Crippen LogP contribution in [0.15, 0.2) is 48.5 Å². The molecule has 1 fully saturated rings. The van der Waals surface area contributed by atoms with Gasteiger partial charge in [0, 0.05) is 30.4 Å². The fraction of sp³-hybridized carbons (Fsp3) is 0.333. The Labute approximate surface area is 148 Å². The number of para-hydroxylation sites is 2. The number of rotatable bonds is 2. The number of fused-ring (bicyclic) bond motifs is 1. The quantitative estimate of drug-likeness (QED) is 0.845. The van der Waals surface area contributed by atoms with Crippen LogP contribution in [-0.4, -0.2) is 24.4 Å². The van der Waals surface area contributed by atoms with E-state index in [1.165, 1.54) is 5.56 Å². The second kappa shape index (κ2) is 6.03. The van der Waals surface area contributed by atoms with E-state index in [1.807, 2.05) is 54.3 Å². The van der Waals surface area contributed by atoms with E-state index in [-0.39, 0.29) is 23.8 Å². The Kier molecular flexibility index (Phi) is 3.83. The second-order valence-electron chi connectivity index (χ2n) is 7.08. The maximum absolute atomic E-state index is 13.2. The van der Waals surface area contributed by atoms with Crippen molar-refractivity contribution in [1.29, 1.82) is 0 Å². The lowest BCUT2D eigenvalue weighted by Crippen LogP contribution is -2.41. The SMILES string of the molecule is Cc1ccccc1N1CC(C(=O)N2c3ccccc3CC2C)CC1=O. The number of nitrogens with zero attached hydrogens (tertiary/aromatic N) is 2. The summed E-state index contributed by atoms with van der Waals surface area (Å²) in [7, 11) is 0. The molecule has 4 rings (SSSR count). The van der Waals surface area contributed by atoms with E-state index in [0.29, 0.717) is 13.0 Å². The lowest BCUT2D eigenvalue weighted by molar-refractivity contribution is -0.124. The Balaban J connectivity index is 1.59. The molecule has 2 heterocycles. The zero-order valence-corrected chi connectivity index (χ0v) is 14.6. The molecule has 2 amide bonds. The normalized spacial score (nSPS) is 22.4. The highest BCUT2D eigenvalue weighted by molar-refractivity contribution is 6.05. The van der Waals surface area contributed by atoms with Crippen molar-refractivity contribution in [2.45, 2.75) is 32.7 Å². The number of carbonyl (C=O) groups excluding carboxylic acids is 2. The van der Waals surface area contributed by atoms with Crippen LogP contribution in [0.2, 0.25) is 0 Å². The molecule has 128 valence electrons. The summed E-state index contributed by atoms with van der Waals surface area (Å²) in [5.41, 5.74) is 4.19. The molecule has 0 radical (unpaired) electrons. The van der Waals surface area contributed by atoms with Crippen molar-refractivity contribution in [3.63, 3.8) is 0 Å². The predicted octanol–water partition coefficient (Wildman–Crippen LogP) is 3.33. The van der Waals surface area contributed by atoms with Crippen LogP contribution in [-0.2, 0) is 16.0 Å². The summed E-state index contributed by atoms with van der Waals surface area (Å²) >= 11 is 0. The predicted molar refractivity (Wildman–Crippen MR) is 98.7 cm³/mol. The van der Waals surface area contributed by atoms with Gasteiger partial charge in [-0.25, -0.2) is 0 Å². The van der Waals surface area contributed by atoms with Gasteiger partial charge in [-0.05, 0) is 43.5 Å². The number of hydrogen-bond acceptors (Lipinski definition) is 2. The molecule has 4 heteroatoms. The molecule has 2 atom stereocenters. The van der Waals surface area contributed by atoms with Gasteiger partial charge < -0.3 is 9.80 Å². The molecule has 0 spiro atoms. The minimum Gasteiger partial charge on any atom is -0.311 e. The molecule has 0 N–H and O–H groups in total. The first-order valence-electron chi connectivity index (χ1n) is 8.83. The fourth-order valence-electron chi connectivity index (χ4n) is 4.07. The van der Waals surface area contributed by atoms with Gasteiger partial charge >= 0.3 is 0 Å². The molecule has 2 aromatic carbocycles. The molecule has 1 saturated heterocycles. The molecule has 2 unspecified atom stereocenters. The van der Waals surface area contributed by atoms with Crippen LogP contribution >= 0.6 is 0 Å². The van der Waals surface area contributed by atoms with Gasteiger partial charge in [-0.2, -0.15) is 0 Å². The minimum absolute atomic E-state index is 0.0350. The average Bonchev–Trinajstić information content (AvgIpc) is 3.14. The van der Waals surface area contributed by atoms with Crippen molar-refractivity contribution in [2.75, 3.05) is 16.3 Å². The van der Waals surface area contributed by atoms with Crippen LogP contribution in [0.1, 0.15) is 24.5 Å². The maximum atomic E-state index is 13.2. The summed E-state index contributed by atoms with van der Waals surface area (Å²) in [6.45, 7) is 4.54. The summed E-state index contributed by atoms with van der Waals surface area (Å²) in [6, 6.07) is 16.1. The van der Waals surface area contributed by atoms with Crippen molar-refractivity contribution in [3.8, 4) is 0 Å². The summed E-state index contributed by atoms with van der Waals surface area (Å²) in [4.78, 5) is 29.4. The van der Waals surface area contributed by atoms with Gasteiger partial charge in [0.15, 0.2) is 0 Å². The van der Waals surface area contributed by atoms with Gasteiger partial charge in [0.1, 0.15) is 0 Å². The van der Waals surface area contributed by atoms with Crippen LogP contribution in [0.25, 0.3) is 0 Å². The van der Waals surface area contributed by atoms with Crippen LogP contribution in [0.3, 0.4) is 0 Å². The summed E-state index contributed by atoms with van der Waals surface area (Å²) in [6.07, 6.45) is 1.17. The molecule has 2 aliphatic rings. The topological polar surface area (TPSA) is 40.6 Å². The molecule has 0 saturated carbocycles. The summed E-state index contributed by atoms with van der Waals surface area (Å²) < 4.78 is 0. The monoisotopic (exact) mass is 334 g/mol. The summed E-state index contributed by atoms with van der Waals surface area (Å²) in [5, 5.41) is 0. The highest BCUT2D eigenvalue weighted by Crippen LogP contribution is 2.35. The lowest BCUT2D eigenvalue weighted by Gasteiger charge is -2.26. The Bertz CT molecular complexity index is 845. The first kappa shape index (κ1) is 15.9. The molecular weight excluding hydrogens is 312 g/mol. The number of amides is 2. The Morgan fingerprint density at radius 1 is 1.00 bits per heavy atom. The van der Waals surface area contributed by atoms with Crippen molar-refractivity contribution in [1.82, 2.24) is 0 Å². The maximum Gasteiger partial charge on any atom is 0.232 e. The first-order chi connectivity index (χ1) is 12.1. The summed E-state index contributed by atoms with van der Waals surface area (Å²) in [5.74, 6) is -0.171. The minimum atomic E-state index is -0.277. The molecule has 2 aliphatic heterocycles. The van der Waals surface area contributed by atoms with E-state index in [9.17, 15) is 9.59 Å². The van der Waals surface area contributed by atoms with Gasteiger partial charge in [-0.1, -0.05) is 36.4 Å². The smallest absolute Gasteiger partial charge is 0.232 e. The average molecular weight is 334 g/mol. The van der Waals surface area contributed by atoms with Crippen molar-refractivity contribution >= 4 is 23.2 Å². The fourth-order valence-corrected chi connectivity index (χ4v) is 4.07. The molecule has 0 aliphatic carbocycles. The highest BCUT2D eigenvalue weighted by atomic mass is 16.2.